The fraction of sp³-hybridized carbons (Fsp3) is 0.291. The molecule has 0 amide bonds. The topological polar surface area (TPSA) is 178 Å². The van der Waals surface area contributed by atoms with Gasteiger partial charge in [-0.25, -0.2) is 9.59 Å². The molecule has 10 rings (SSSR count). The number of likely N-dealkylation sites (tertiary alicyclic amines) is 2. The summed E-state index contributed by atoms with van der Waals surface area (Å²) in [5.41, 5.74) is 7.87. The lowest BCUT2D eigenvalue weighted by molar-refractivity contribution is 0.0688. The number of aromatic nitrogens is 3. The van der Waals surface area contributed by atoms with Gasteiger partial charge >= 0.3 is 11.9 Å². The largest absolute Gasteiger partial charge is 0.496 e. The van der Waals surface area contributed by atoms with Crippen LogP contribution in [-0.2, 0) is 19.5 Å². The van der Waals surface area contributed by atoms with Crippen molar-refractivity contribution in [1.82, 2.24) is 24.8 Å². The molecule has 2 saturated heterocycles. The zero-order chi connectivity index (χ0) is 47.2. The molecule has 3 aromatic heterocycles. The van der Waals surface area contributed by atoms with Crippen molar-refractivity contribution in [3.8, 4) is 11.5 Å². The summed E-state index contributed by atoms with van der Waals surface area (Å²) in [5, 5.41) is 24.0. The number of methoxy groups -OCH3 is 2. The van der Waals surface area contributed by atoms with E-state index in [0.717, 1.165) is 101 Å². The predicted octanol–water partition coefficient (Wildman–Crippen LogP) is 9.84. The maximum absolute atomic E-state index is 14.0. The van der Waals surface area contributed by atoms with Gasteiger partial charge in [0.2, 0.25) is 0 Å². The van der Waals surface area contributed by atoms with Crippen LogP contribution < -0.4 is 20.3 Å². The van der Waals surface area contributed by atoms with Gasteiger partial charge in [0.05, 0.1) is 52.7 Å². The number of pyridine rings is 3. The summed E-state index contributed by atoms with van der Waals surface area (Å²) >= 11 is 0. The quantitative estimate of drug-likeness (QED) is 0.0917. The first-order chi connectivity index (χ1) is 33.0. The first-order valence-corrected chi connectivity index (χ1v) is 23.3. The number of aromatic amines is 2. The molecule has 4 N–H and O–H groups in total. The molecule has 68 heavy (non-hydrogen) atoms. The number of hydrogen-bond acceptors (Lipinski definition) is 9. The molecular formula is C55H53N5O8. The van der Waals surface area contributed by atoms with Crippen molar-refractivity contribution in [3.05, 3.63) is 168 Å². The molecule has 0 spiro atoms. The minimum atomic E-state index is -1.08. The number of benzene rings is 5. The highest BCUT2D eigenvalue weighted by Gasteiger charge is 2.31. The van der Waals surface area contributed by atoms with Gasteiger partial charge in [0.25, 0.3) is 0 Å². The lowest BCUT2D eigenvalue weighted by atomic mass is 9.89. The van der Waals surface area contributed by atoms with Crippen LogP contribution in [0.25, 0.3) is 43.5 Å². The Balaban J connectivity index is 1.01. The first kappa shape index (κ1) is 44.5. The van der Waals surface area contributed by atoms with Crippen LogP contribution in [0.1, 0.15) is 110 Å². The Morgan fingerprint density at radius 2 is 1.22 bits per heavy atom. The Morgan fingerprint density at radius 1 is 0.662 bits per heavy atom. The van der Waals surface area contributed by atoms with Crippen molar-refractivity contribution in [1.29, 1.82) is 0 Å². The third-order valence-corrected chi connectivity index (χ3v) is 14.3. The minimum Gasteiger partial charge on any atom is -0.496 e. The SMILES string of the molecule is COc1cc(C)c2[nH]ccc(=O)c2c1CN1CCCCC1c1ccc(C(=O)O)c2nc(Cc3cc(OC)c(CN4CCCCC4c4ccc(C(=O)O)c5ccccc45)c4c(=O)cc[nH]c34)ccc12. The van der Waals surface area contributed by atoms with E-state index in [-0.39, 0.29) is 40.5 Å². The molecular weight excluding hydrogens is 859 g/mol. The van der Waals surface area contributed by atoms with Crippen molar-refractivity contribution in [3.63, 3.8) is 0 Å². The fourth-order valence-electron chi connectivity index (χ4n) is 11.2. The molecule has 5 heterocycles. The van der Waals surface area contributed by atoms with Crippen LogP contribution >= 0.6 is 0 Å². The molecule has 2 aliphatic heterocycles. The molecule has 0 bridgehead atoms. The molecule has 346 valence electrons. The molecule has 13 nitrogen and oxygen atoms in total. The van der Waals surface area contributed by atoms with Crippen molar-refractivity contribution >= 4 is 55.4 Å². The van der Waals surface area contributed by atoms with Gasteiger partial charge < -0.3 is 29.7 Å². The number of aromatic carboxylic acids is 2. The molecule has 2 aliphatic rings. The van der Waals surface area contributed by atoms with E-state index >= 15 is 0 Å². The van der Waals surface area contributed by atoms with Crippen molar-refractivity contribution in [2.75, 3.05) is 27.3 Å². The number of aryl methyl sites for hydroxylation is 1. The predicted molar refractivity (Wildman–Crippen MR) is 263 cm³/mol. The molecule has 13 heteroatoms. The number of carboxylic acids is 2. The van der Waals surface area contributed by atoms with Crippen molar-refractivity contribution in [2.24, 2.45) is 0 Å². The van der Waals surface area contributed by atoms with Crippen LogP contribution in [0.4, 0.5) is 0 Å². The van der Waals surface area contributed by atoms with Crippen LogP contribution in [0.2, 0.25) is 0 Å². The van der Waals surface area contributed by atoms with E-state index in [0.29, 0.717) is 57.5 Å². The van der Waals surface area contributed by atoms with Crippen molar-refractivity contribution in [2.45, 2.75) is 77.0 Å². The molecule has 2 fully saturated rings. The molecule has 2 atom stereocenters. The zero-order valence-electron chi connectivity index (χ0n) is 38.4. The number of piperidine rings is 2. The van der Waals surface area contributed by atoms with Gasteiger partial charge in [0, 0.05) is 78.3 Å². The number of nitrogens with zero attached hydrogens (tertiary/aromatic N) is 3. The lowest BCUT2D eigenvalue weighted by Crippen LogP contribution is -2.33. The molecule has 8 aromatic rings. The van der Waals surface area contributed by atoms with Crippen LogP contribution in [0.3, 0.4) is 0 Å². The normalized spacial score (nSPS) is 17.0. The minimum absolute atomic E-state index is 0.0239. The number of ether oxygens (including phenoxy) is 2. The van der Waals surface area contributed by atoms with Gasteiger partial charge in [-0.1, -0.05) is 55.3 Å². The highest BCUT2D eigenvalue weighted by Crippen LogP contribution is 2.42. The Hall–Kier alpha value is -7.35. The highest BCUT2D eigenvalue weighted by atomic mass is 16.5. The summed E-state index contributed by atoms with van der Waals surface area (Å²) in [6.45, 7) is 4.40. The summed E-state index contributed by atoms with van der Waals surface area (Å²) in [5.74, 6) is -0.830. The number of fused-ring (bicyclic) bond motifs is 4. The standard InChI is InChI=1S/C55H53N5O8/c1-31-26-47(67-2)41(49-45(61)20-22-56-51(31)49)29-60-25-9-7-13-44(60)37-17-19-40(55(65)66)53-38(37)15-14-33(58-53)27-32-28-48(68-3)42(50-46(62)21-23-57-52(32)50)30-59-24-8-6-12-43(59)36-16-18-39(54(63)64)35-11-5-4-10-34(35)36/h4-5,10-11,14-23,26,28,43-44H,6-9,12-13,24-25,27,29-30H2,1-3H3,(H,56,61)(H,57,62)(H,63,64)(H,65,66). The summed E-state index contributed by atoms with van der Waals surface area (Å²) in [7, 11) is 3.23. The maximum atomic E-state index is 14.0. The van der Waals surface area contributed by atoms with E-state index in [1.807, 2.05) is 67.6 Å². The number of hydrogen-bond donors (Lipinski definition) is 4. The number of carbonyl (C=O) groups is 2. The third-order valence-electron chi connectivity index (χ3n) is 14.3. The van der Waals surface area contributed by atoms with E-state index in [1.165, 1.54) is 6.07 Å². The van der Waals surface area contributed by atoms with Gasteiger partial charge in [0.15, 0.2) is 10.9 Å². The van der Waals surface area contributed by atoms with E-state index in [9.17, 15) is 29.4 Å². The van der Waals surface area contributed by atoms with Gasteiger partial charge in [-0.2, -0.15) is 0 Å². The maximum Gasteiger partial charge on any atom is 0.337 e. The van der Waals surface area contributed by atoms with Gasteiger partial charge in [-0.15, -0.1) is 0 Å². The van der Waals surface area contributed by atoms with E-state index < -0.39 is 11.9 Å². The number of nitrogens with one attached hydrogen (secondary N) is 2. The summed E-state index contributed by atoms with van der Waals surface area (Å²) in [6, 6.07) is 25.6. The molecule has 0 radical (unpaired) electrons. The van der Waals surface area contributed by atoms with Gasteiger partial charge in [0.1, 0.15) is 11.5 Å². The van der Waals surface area contributed by atoms with Crippen LogP contribution in [0.5, 0.6) is 11.5 Å². The average Bonchev–Trinajstić information content (AvgIpc) is 3.35. The van der Waals surface area contributed by atoms with E-state index in [4.69, 9.17) is 14.5 Å². The Kier molecular flexibility index (Phi) is 12.0. The highest BCUT2D eigenvalue weighted by molar-refractivity contribution is 6.05. The smallest absolute Gasteiger partial charge is 0.337 e. The molecule has 0 saturated carbocycles. The monoisotopic (exact) mass is 911 g/mol. The Labute approximate surface area is 392 Å². The Morgan fingerprint density at radius 3 is 1.84 bits per heavy atom. The van der Waals surface area contributed by atoms with E-state index in [1.54, 1.807) is 44.8 Å². The average molecular weight is 912 g/mol. The third kappa shape index (κ3) is 7.94. The number of H-pyrrole nitrogens is 2. The second-order valence-electron chi connectivity index (χ2n) is 18.2. The summed E-state index contributed by atoms with van der Waals surface area (Å²) in [6.07, 6.45) is 9.26. The summed E-state index contributed by atoms with van der Waals surface area (Å²) in [4.78, 5) is 69.0. The van der Waals surface area contributed by atoms with Gasteiger partial charge in [-0.3, -0.25) is 24.4 Å². The van der Waals surface area contributed by atoms with Crippen LogP contribution in [0, 0.1) is 6.92 Å². The molecule has 0 aliphatic carbocycles. The molecule has 2 unspecified atom stereocenters. The van der Waals surface area contributed by atoms with Crippen molar-refractivity contribution < 1.29 is 29.3 Å². The number of carboxylic acid groups (broad SMARTS) is 2. The lowest BCUT2D eigenvalue weighted by Gasteiger charge is -2.37. The second-order valence-corrected chi connectivity index (χ2v) is 18.2. The van der Waals surface area contributed by atoms with Gasteiger partial charge in [-0.05, 0) is 109 Å². The fourth-order valence-corrected chi connectivity index (χ4v) is 11.2. The zero-order valence-corrected chi connectivity index (χ0v) is 38.4. The Bertz CT molecular complexity index is 3430. The van der Waals surface area contributed by atoms with E-state index in [2.05, 4.69) is 19.8 Å². The second kappa shape index (κ2) is 18.4. The first-order valence-electron chi connectivity index (χ1n) is 23.3. The van der Waals surface area contributed by atoms with Crippen LogP contribution in [-0.4, -0.2) is 74.2 Å². The molecule has 5 aromatic carbocycles. The van der Waals surface area contributed by atoms with Crippen LogP contribution in [0.15, 0.2) is 107 Å². The number of rotatable bonds is 12. The summed E-state index contributed by atoms with van der Waals surface area (Å²) < 4.78 is 12.0.